The Kier molecular flexibility index (Phi) is 4.78. The Bertz CT molecular complexity index is 494. The van der Waals surface area contributed by atoms with Gasteiger partial charge in [0, 0.05) is 10.7 Å². The van der Waals surface area contributed by atoms with Crippen LogP contribution in [-0.4, -0.2) is 24.8 Å². The van der Waals surface area contributed by atoms with E-state index >= 15 is 0 Å². The molecule has 0 unspecified atom stereocenters. The highest BCUT2D eigenvalue weighted by Gasteiger charge is 2.17. The SMILES string of the molecule is COC(=O)c1cc(Cl)cc(NC(=O)OC(C)(C)C)c1. The molecule has 0 aliphatic heterocycles. The number of hydrogen-bond acceptors (Lipinski definition) is 4. The molecule has 1 aromatic carbocycles. The molecular weight excluding hydrogens is 270 g/mol. The first kappa shape index (κ1) is 15.3. The van der Waals surface area contributed by atoms with Gasteiger partial charge >= 0.3 is 12.1 Å². The summed E-state index contributed by atoms with van der Waals surface area (Å²) >= 11 is 5.87. The lowest BCUT2D eigenvalue weighted by atomic mass is 10.2. The van der Waals surface area contributed by atoms with Crippen molar-refractivity contribution in [2.75, 3.05) is 12.4 Å². The summed E-state index contributed by atoms with van der Waals surface area (Å²) < 4.78 is 9.69. The molecule has 1 N–H and O–H groups in total. The predicted octanol–water partition coefficient (Wildman–Crippen LogP) is 3.47. The summed E-state index contributed by atoms with van der Waals surface area (Å²) in [4.78, 5) is 23.0. The first-order chi connectivity index (χ1) is 8.71. The van der Waals surface area contributed by atoms with E-state index in [-0.39, 0.29) is 5.56 Å². The Morgan fingerprint density at radius 3 is 2.37 bits per heavy atom. The molecule has 0 aliphatic rings. The molecule has 19 heavy (non-hydrogen) atoms. The molecule has 0 saturated carbocycles. The second-order valence-corrected chi connectivity index (χ2v) is 5.28. The van der Waals surface area contributed by atoms with Gasteiger partial charge in [-0.15, -0.1) is 0 Å². The van der Waals surface area contributed by atoms with Gasteiger partial charge in [0.2, 0.25) is 0 Å². The third-order valence-corrected chi connectivity index (χ3v) is 2.18. The summed E-state index contributed by atoms with van der Waals surface area (Å²) in [7, 11) is 1.27. The molecule has 0 aliphatic carbocycles. The van der Waals surface area contributed by atoms with Gasteiger partial charge in [-0.1, -0.05) is 11.6 Å². The van der Waals surface area contributed by atoms with Crippen molar-refractivity contribution in [1.82, 2.24) is 0 Å². The number of amides is 1. The van der Waals surface area contributed by atoms with Gasteiger partial charge in [0.05, 0.1) is 12.7 Å². The van der Waals surface area contributed by atoms with Gasteiger partial charge in [0.15, 0.2) is 0 Å². The number of carbonyl (C=O) groups excluding carboxylic acids is 2. The molecule has 104 valence electrons. The summed E-state index contributed by atoms with van der Waals surface area (Å²) in [5.41, 5.74) is 0.0107. The Balaban J connectivity index is 2.87. The highest BCUT2D eigenvalue weighted by Crippen LogP contribution is 2.20. The van der Waals surface area contributed by atoms with Gasteiger partial charge < -0.3 is 9.47 Å². The summed E-state index contributed by atoms with van der Waals surface area (Å²) in [6.07, 6.45) is -0.620. The highest BCUT2D eigenvalue weighted by atomic mass is 35.5. The molecule has 0 heterocycles. The van der Waals surface area contributed by atoms with Crippen LogP contribution in [0.25, 0.3) is 0 Å². The smallest absolute Gasteiger partial charge is 0.412 e. The third-order valence-electron chi connectivity index (χ3n) is 1.96. The number of rotatable bonds is 2. The van der Waals surface area contributed by atoms with Crippen molar-refractivity contribution in [2.24, 2.45) is 0 Å². The van der Waals surface area contributed by atoms with Crippen LogP contribution in [0.15, 0.2) is 18.2 Å². The van der Waals surface area contributed by atoms with Crippen LogP contribution in [0.5, 0.6) is 0 Å². The average Bonchev–Trinajstić information content (AvgIpc) is 2.24. The third kappa shape index (κ3) is 5.18. The fraction of sp³-hybridized carbons (Fsp3) is 0.385. The molecule has 0 bridgehead atoms. The van der Waals surface area contributed by atoms with Crippen LogP contribution >= 0.6 is 11.6 Å². The zero-order valence-corrected chi connectivity index (χ0v) is 12.0. The molecule has 1 amide bonds. The van der Waals surface area contributed by atoms with Gasteiger partial charge in [-0.3, -0.25) is 5.32 Å². The van der Waals surface area contributed by atoms with Crippen LogP contribution in [-0.2, 0) is 9.47 Å². The van der Waals surface area contributed by atoms with Gasteiger partial charge in [-0.25, -0.2) is 9.59 Å². The zero-order chi connectivity index (χ0) is 14.6. The lowest BCUT2D eigenvalue weighted by Crippen LogP contribution is -2.27. The summed E-state index contributed by atoms with van der Waals surface area (Å²) in [6.45, 7) is 5.26. The maximum Gasteiger partial charge on any atom is 0.412 e. The van der Waals surface area contributed by atoms with Gasteiger partial charge in [0.25, 0.3) is 0 Å². The molecule has 0 aromatic heterocycles. The minimum Gasteiger partial charge on any atom is -0.465 e. The van der Waals surface area contributed by atoms with Crippen LogP contribution in [0.2, 0.25) is 5.02 Å². The van der Waals surface area contributed by atoms with Gasteiger partial charge in [-0.05, 0) is 39.0 Å². The van der Waals surface area contributed by atoms with Gasteiger partial charge in [-0.2, -0.15) is 0 Å². The molecule has 0 fully saturated rings. The van der Waals surface area contributed by atoms with Crippen LogP contribution in [0.3, 0.4) is 0 Å². The van der Waals surface area contributed by atoms with E-state index in [4.69, 9.17) is 16.3 Å². The van der Waals surface area contributed by atoms with Crippen LogP contribution in [0.1, 0.15) is 31.1 Å². The van der Waals surface area contributed by atoms with Crippen molar-refractivity contribution in [3.63, 3.8) is 0 Å². The van der Waals surface area contributed by atoms with Crippen LogP contribution in [0.4, 0.5) is 10.5 Å². The minimum atomic E-state index is -0.620. The molecule has 0 radical (unpaired) electrons. The van der Waals surface area contributed by atoms with E-state index in [1.165, 1.54) is 25.3 Å². The maximum atomic E-state index is 11.6. The quantitative estimate of drug-likeness (QED) is 0.845. The van der Waals surface area contributed by atoms with E-state index in [2.05, 4.69) is 10.1 Å². The van der Waals surface area contributed by atoms with Crippen molar-refractivity contribution in [3.8, 4) is 0 Å². The maximum absolute atomic E-state index is 11.6. The fourth-order valence-corrected chi connectivity index (χ4v) is 1.55. The molecule has 0 saturated heterocycles. The predicted molar refractivity (Wildman–Crippen MR) is 72.6 cm³/mol. The first-order valence-corrected chi connectivity index (χ1v) is 5.98. The molecule has 6 heteroatoms. The number of nitrogens with one attached hydrogen (secondary N) is 1. The number of carbonyl (C=O) groups is 2. The standard InChI is InChI=1S/C13H16ClNO4/c1-13(2,3)19-12(17)15-10-6-8(11(16)18-4)5-9(14)7-10/h5-7H,1-4H3,(H,15,17). The van der Waals surface area contributed by atoms with Crippen molar-refractivity contribution in [1.29, 1.82) is 0 Å². The lowest BCUT2D eigenvalue weighted by Gasteiger charge is -2.19. The van der Waals surface area contributed by atoms with E-state index in [0.717, 1.165) is 0 Å². The number of hydrogen-bond donors (Lipinski definition) is 1. The molecule has 0 atom stereocenters. The van der Waals surface area contributed by atoms with E-state index in [1.54, 1.807) is 20.8 Å². The Hall–Kier alpha value is -1.75. The fourth-order valence-electron chi connectivity index (χ4n) is 1.32. The first-order valence-electron chi connectivity index (χ1n) is 5.60. The molecular formula is C13H16ClNO4. The summed E-state index contributed by atoms with van der Waals surface area (Å²) in [6, 6.07) is 4.42. The summed E-state index contributed by atoms with van der Waals surface area (Å²) in [5, 5.41) is 2.82. The molecule has 1 aromatic rings. The topological polar surface area (TPSA) is 64.6 Å². The van der Waals surface area contributed by atoms with Crippen molar-refractivity contribution >= 4 is 29.4 Å². The number of methoxy groups -OCH3 is 1. The average molecular weight is 286 g/mol. The van der Waals surface area contributed by atoms with Gasteiger partial charge in [0.1, 0.15) is 5.60 Å². The number of esters is 1. The highest BCUT2D eigenvalue weighted by molar-refractivity contribution is 6.31. The van der Waals surface area contributed by atoms with Crippen LogP contribution < -0.4 is 5.32 Å². The van der Waals surface area contributed by atoms with E-state index in [0.29, 0.717) is 10.7 Å². The van der Waals surface area contributed by atoms with E-state index in [1.807, 2.05) is 0 Å². The minimum absolute atomic E-state index is 0.251. The van der Waals surface area contributed by atoms with E-state index < -0.39 is 17.7 Å². The molecule has 0 spiro atoms. The lowest BCUT2D eigenvalue weighted by molar-refractivity contribution is 0.0596. The van der Waals surface area contributed by atoms with Crippen molar-refractivity contribution in [3.05, 3.63) is 28.8 Å². The van der Waals surface area contributed by atoms with Crippen molar-refractivity contribution < 1.29 is 19.1 Å². The second-order valence-electron chi connectivity index (χ2n) is 4.85. The Labute approximate surface area is 116 Å². The molecule has 5 nitrogen and oxygen atoms in total. The Morgan fingerprint density at radius 2 is 1.84 bits per heavy atom. The normalized spacial score (nSPS) is 10.8. The zero-order valence-electron chi connectivity index (χ0n) is 11.2. The number of anilines is 1. The second kappa shape index (κ2) is 5.93. The molecule has 1 rings (SSSR count). The van der Waals surface area contributed by atoms with Crippen LogP contribution in [0, 0.1) is 0 Å². The number of halogens is 1. The van der Waals surface area contributed by atoms with Crippen molar-refractivity contribution in [2.45, 2.75) is 26.4 Å². The number of ether oxygens (including phenoxy) is 2. The number of benzene rings is 1. The Morgan fingerprint density at radius 1 is 1.21 bits per heavy atom. The van der Waals surface area contributed by atoms with E-state index in [9.17, 15) is 9.59 Å². The monoisotopic (exact) mass is 285 g/mol. The summed E-state index contributed by atoms with van der Waals surface area (Å²) in [5.74, 6) is -0.533. The largest absolute Gasteiger partial charge is 0.465 e.